The van der Waals surface area contributed by atoms with Crippen LogP contribution in [-0.2, 0) is 0 Å². The first-order valence-corrected chi connectivity index (χ1v) is 5.73. The molecule has 2 rings (SSSR count). The summed E-state index contributed by atoms with van der Waals surface area (Å²) in [6.45, 7) is 0. The highest BCUT2D eigenvalue weighted by atomic mass is 16.6. The van der Waals surface area contributed by atoms with Crippen molar-refractivity contribution < 1.29 is 14.4 Å². The van der Waals surface area contributed by atoms with E-state index in [4.69, 9.17) is 9.47 Å². The summed E-state index contributed by atoms with van der Waals surface area (Å²) in [5.41, 5.74) is 0.835. The lowest BCUT2D eigenvalue weighted by Crippen LogP contribution is -1.99. The van der Waals surface area contributed by atoms with Crippen molar-refractivity contribution in [1.82, 2.24) is 4.98 Å². The van der Waals surface area contributed by atoms with Crippen LogP contribution in [0.25, 0.3) is 0 Å². The standard InChI is InChI=1S/C13H13N3O4/c1-19-9-3-4-11(13(7-9)20-2)15-10-5-6-14-8-12(10)16(17)18/h3-8H,1-2H3,(H,14,15). The molecule has 0 amide bonds. The Kier molecular flexibility index (Phi) is 3.99. The zero-order chi connectivity index (χ0) is 14.5. The molecule has 1 aromatic heterocycles. The van der Waals surface area contributed by atoms with E-state index in [1.165, 1.54) is 25.6 Å². The maximum Gasteiger partial charge on any atom is 0.310 e. The first-order chi connectivity index (χ1) is 9.65. The third-order valence-electron chi connectivity index (χ3n) is 2.67. The molecule has 0 radical (unpaired) electrons. The molecule has 1 heterocycles. The largest absolute Gasteiger partial charge is 0.497 e. The predicted molar refractivity (Wildman–Crippen MR) is 73.7 cm³/mol. The van der Waals surface area contributed by atoms with Crippen LogP contribution >= 0.6 is 0 Å². The second kappa shape index (κ2) is 5.87. The molecule has 0 aliphatic heterocycles. The molecule has 1 aromatic carbocycles. The molecule has 20 heavy (non-hydrogen) atoms. The zero-order valence-corrected chi connectivity index (χ0v) is 11.0. The van der Waals surface area contributed by atoms with Crippen molar-refractivity contribution in [2.24, 2.45) is 0 Å². The molecule has 104 valence electrons. The van der Waals surface area contributed by atoms with Crippen LogP contribution in [0.3, 0.4) is 0 Å². The topological polar surface area (TPSA) is 86.5 Å². The number of nitrogens with one attached hydrogen (secondary N) is 1. The smallest absolute Gasteiger partial charge is 0.310 e. The van der Waals surface area contributed by atoms with Crippen LogP contribution in [0.5, 0.6) is 11.5 Å². The number of rotatable bonds is 5. The summed E-state index contributed by atoms with van der Waals surface area (Å²) >= 11 is 0. The summed E-state index contributed by atoms with van der Waals surface area (Å²) in [7, 11) is 3.07. The van der Waals surface area contributed by atoms with E-state index in [1.807, 2.05) is 0 Å². The minimum Gasteiger partial charge on any atom is -0.497 e. The fourth-order valence-electron chi connectivity index (χ4n) is 1.68. The highest BCUT2D eigenvalue weighted by Gasteiger charge is 2.15. The Bertz CT molecular complexity index is 631. The molecule has 0 saturated heterocycles. The molecule has 7 heteroatoms. The predicted octanol–water partition coefficient (Wildman–Crippen LogP) is 2.75. The fourth-order valence-corrected chi connectivity index (χ4v) is 1.68. The molecule has 2 aromatic rings. The molecule has 0 fully saturated rings. The van der Waals surface area contributed by atoms with Crippen LogP contribution in [-0.4, -0.2) is 24.1 Å². The Morgan fingerprint density at radius 3 is 2.65 bits per heavy atom. The van der Waals surface area contributed by atoms with Gasteiger partial charge in [0.05, 0.1) is 24.8 Å². The number of aromatic nitrogens is 1. The van der Waals surface area contributed by atoms with E-state index in [0.29, 0.717) is 22.9 Å². The van der Waals surface area contributed by atoms with Gasteiger partial charge in [-0.2, -0.15) is 0 Å². The molecule has 0 unspecified atom stereocenters. The number of hydrogen-bond donors (Lipinski definition) is 1. The molecule has 0 aliphatic carbocycles. The van der Waals surface area contributed by atoms with Gasteiger partial charge in [-0.1, -0.05) is 0 Å². The third kappa shape index (κ3) is 2.77. The zero-order valence-electron chi connectivity index (χ0n) is 11.0. The quantitative estimate of drug-likeness (QED) is 0.667. The average Bonchev–Trinajstić information content (AvgIpc) is 2.48. The highest BCUT2D eigenvalue weighted by molar-refractivity contribution is 5.72. The van der Waals surface area contributed by atoms with Crippen molar-refractivity contribution in [2.45, 2.75) is 0 Å². The van der Waals surface area contributed by atoms with E-state index in [2.05, 4.69) is 10.3 Å². The molecule has 7 nitrogen and oxygen atoms in total. The second-order valence-corrected chi connectivity index (χ2v) is 3.84. The first kappa shape index (κ1) is 13.6. The SMILES string of the molecule is COc1ccc(Nc2ccncc2[N+](=O)[O-])c(OC)c1. The Morgan fingerprint density at radius 1 is 1.20 bits per heavy atom. The molecule has 0 atom stereocenters. The van der Waals surface area contributed by atoms with Crippen molar-refractivity contribution in [1.29, 1.82) is 0 Å². The average molecular weight is 275 g/mol. The van der Waals surface area contributed by atoms with Crippen molar-refractivity contribution >= 4 is 17.1 Å². The Labute approximate surface area is 115 Å². The van der Waals surface area contributed by atoms with Gasteiger partial charge < -0.3 is 14.8 Å². The van der Waals surface area contributed by atoms with Crippen LogP contribution < -0.4 is 14.8 Å². The number of nitro groups is 1. The van der Waals surface area contributed by atoms with Gasteiger partial charge in [0.25, 0.3) is 0 Å². The van der Waals surface area contributed by atoms with Gasteiger partial charge in [0.2, 0.25) is 0 Å². The Balaban J connectivity index is 2.37. The minimum atomic E-state index is -0.495. The maximum absolute atomic E-state index is 10.9. The summed E-state index contributed by atoms with van der Waals surface area (Å²) in [5.74, 6) is 1.16. The number of anilines is 2. The van der Waals surface area contributed by atoms with Gasteiger partial charge >= 0.3 is 5.69 Å². The van der Waals surface area contributed by atoms with Gasteiger partial charge in [-0.3, -0.25) is 15.1 Å². The highest BCUT2D eigenvalue weighted by Crippen LogP contribution is 2.33. The van der Waals surface area contributed by atoms with E-state index in [9.17, 15) is 10.1 Å². The van der Waals surface area contributed by atoms with Crippen LogP contribution in [0.15, 0.2) is 36.7 Å². The van der Waals surface area contributed by atoms with Crippen molar-refractivity contribution in [3.63, 3.8) is 0 Å². The van der Waals surface area contributed by atoms with E-state index in [1.54, 1.807) is 25.3 Å². The third-order valence-corrected chi connectivity index (χ3v) is 2.67. The van der Waals surface area contributed by atoms with E-state index in [0.717, 1.165) is 0 Å². The lowest BCUT2D eigenvalue weighted by atomic mass is 10.2. The van der Waals surface area contributed by atoms with Gasteiger partial charge in [0.15, 0.2) is 0 Å². The number of pyridine rings is 1. The summed E-state index contributed by atoms with van der Waals surface area (Å²) < 4.78 is 10.3. The summed E-state index contributed by atoms with van der Waals surface area (Å²) in [6, 6.07) is 6.68. The summed E-state index contributed by atoms with van der Waals surface area (Å²) in [5, 5.41) is 13.9. The number of nitrogens with zero attached hydrogens (tertiary/aromatic N) is 2. The monoisotopic (exact) mass is 275 g/mol. The lowest BCUT2D eigenvalue weighted by molar-refractivity contribution is -0.384. The number of benzene rings is 1. The summed E-state index contributed by atoms with van der Waals surface area (Å²) in [4.78, 5) is 14.2. The number of hydrogen-bond acceptors (Lipinski definition) is 6. The molecule has 0 spiro atoms. The van der Waals surface area contributed by atoms with Crippen LogP contribution in [0.4, 0.5) is 17.1 Å². The normalized spacial score (nSPS) is 9.90. The van der Waals surface area contributed by atoms with Crippen molar-refractivity contribution in [3.8, 4) is 11.5 Å². The van der Waals surface area contributed by atoms with E-state index >= 15 is 0 Å². The second-order valence-electron chi connectivity index (χ2n) is 3.84. The van der Waals surface area contributed by atoms with Gasteiger partial charge in [-0.05, 0) is 18.2 Å². The number of methoxy groups -OCH3 is 2. The molecular weight excluding hydrogens is 262 g/mol. The van der Waals surface area contributed by atoms with Crippen molar-refractivity contribution in [3.05, 3.63) is 46.8 Å². The molecular formula is C13H13N3O4. The Morgan fingerprint density at radius 2 is 2.00 bits per heavy atom. The minimum absolute atomic E-state index is 0.106. The van der Waals surface area contributed by atoms with Crippen molar-refractivity contribution in [2.75, 3.05) is 19.5 Å². The molecule has 0 saturated carbocycles. The number of ether oxygens (including phenoxy) is 2. The Hall–Kier alpha value is -2.83. The maximum atomic E-state index is 10.9. The summed E-state index contributed by atoms with van der Waals surface area (Å²) in [6.07, 6.45) is 2.67. The van der Waals surface area contributed by atoms with Gasteiger partial charge in [0, 0.05) is 12.3 Å². The van der Waals surface area contributed by atoms with E-state index in [-0.39, 0.29) is 5.69 Å². The van der Waals surface area contributed by atoms with E-state index < -0.39 is 4.92 Å². The molecule has 0 bridgehead atoms. The van der Waals surface area contributed by atoms with Crippen LogP contribution in [0.2, 0.25) is 0 Å². The van der Waals surface area contributed by atoms with Gasteiger partial charge in [-0.25, -0.2) is 0 Å². The van der Waals surface area contributed by atoms with Gasteiger partial charge in [0.1, 0.15) is 23.4 Å². The lowest BCUT2D eigenvalue weighted by Gasteiger charge is -2.12. The van der Waals surface area contributed by atoms with Crippen LogP contribution in [0.1, 0.15) is 0 Å². The van der Waals surface area contributed by atoms with Gasteiger partial charge in [-0.15, -0.1) is 0 Å². The fraction of sp³-hybridized carbons (Fsp3) is 0.154. The van der Waals surface area contributed by atoms with Crippen LogP contribution in [0, 0.1) is 10.1 Å². The first-order valence-electron chi connectivity index (χ1n) is 5.73. The molecule has 0 aliphatic rings. The molecule has 1 N–H and O–H groups in total.